The van der Waals surface area contributed by atoms with Crippen molar-refractivity contribution in [2.75, 3.05) is 0 Å². The van der Waals surface area contributed by atoms with Crippen molar-refractivity contribution in [3.8, 4) is 46.0 Å². The molecule has 0 radical (unpaired) electrons. The zero-order valence-corrected chi connectivity index (χ0v) is 63.5. The largest absolute Gasteiger partial charge is 1.00 e. The lowest BCUT2D eigenvalue weighted by molar-refractivity contribution is -0.180. The molecule has 0 aliphatic rings. The molecule has 14 N–H and O–H groups in total. The average Bonchev–Trinajstić information content (AvgIpc) is 1.16. The number of hydrogen-bond donors (Lipinski definition) is 5. The monoisotopic (exact) mass is 1500 g/mol. The predicted molar refractivity (Wildman–Crippen MR) is 401 cm³/mol. The Labute approximate surface area is 585 Å². The minimum Gasteiger partial charge on any atom is -1.00 e. The summed E-state index contributed by atoms with van der Waals surface area (Å²) in [5, 5.41) is 18.1. The number of aromatic hydroxyl groups is 2. The minimum atomic E-state index is -3.12. The second kappa shape index (κ2) is 56.1. The third-order valence-electron chi connectivity index (χ3n) is 11.7. The standard InChI is InChI=1S/C16H20O3P2.2C8H10ClOP.C8H9O3P.C8H11O2P.2C8H10O.2CH4.ClH.HO3P.3H2O.H2/c1-11-5-7-15(13(3)9-11)17-20-19-21-18-16-8-6-12(2)10-14(16)4;2*1-6-3-4-8(10-11-9)7(2)5-6;1-6-3-4-8(7(2)5-6)11-12(9)10;1-6-3-4-8(10-11-9)7(2)5-6;2*1-6-3-4-8(9)7(2)5-6;;;;1-4(2)3;;;;/h5-10,20-21H,1-4H3;2*3-5,11H,1-2H3;3-5H,1-2H3;3-5,9,11H,1-2H3;2*3-5,9H,1-2H3;2*1H4;1H;(H,1,2,3);3*1H2;1H/p+3. The number of hydrogen-bond acceptors (Lipinski definition) is 13. The number of aryl methyl sites for hydroxylation is 16. The summed E-state index contributed by atoms with van der Waals surface area (Å²) in [5.74, 6) is 5.44. The van der Waals surface area contributed by atoms with E-state index in [1.165, 1.54) is 38.9 Å². The zero-order valence-electron chi connectivity index (χ0n) is 54.4. The highest BCUT2D eigenvalue weighted by Crippen LogP contribution is 2.35. The van der Waals surface area contributed by atoms with E-state index in [0.717, 1.165) is 78.8 Å². The van der Waals surface area contributed by atoms with Crippen LogP contribution in [-0.2, 0) is 29.9 Å². The molecule has 8 aromatic carbocycles. The van der Waals surface area contributed by atoms with E-state index < -0.39 is 25.5 Å². The van der Waals surface area contributed by atoms with Gasteiger partial charge in [0.1, 0.15) is 40.2 Å². The third kappa shape index (κ3) is 44.7. The summed E-state index contributed by atoms with van der Waals surface area (Å²) in [6.07, 6.45) is 0. The Hall–Kier alpha value is -4.94. The van der Waals surface area contributed by atoms with Crippen LogP contribution in [0, 0.1) is 111 Å². The van der Waals surface area contributed by atoms with E-state index in [9.17, 15) is 4.57 Å². The molecule has 18 nitrogen and oxygen atoms in total. The summed E-state index contributed by atoms with van der Waals surface area (Å²) in [5.41, 5.74) is 17.9. The van der Waals surface area contributed by atoms with Crippen molar-refractivity contribution in [3.63, 3.8) is 0 Å². The van der Waals surface area contributed by atoms with Gasteiger partial charge in [-0.1, -0.05) is 179 Å². The van der Waals surface area contributed by atoms with Crippen molar-refractivity contribution in [1.82, 2.24) is 0 Å². The van der Waals surface area contributed by atoms with Crippen molar-refractivity contribution in [1.29, 1.82) is 0 Å². The number of phenols is 2. The highest BCUT2D eigenvalue weighted by molar-refractivity contribution is 7.64. The van der Waals surface area contributed by atoms with Gasteiger partial charge in [-0.25, -0.2) is 4.52 Å². The lowest BCUT2D eigenvalue weighted by Gasteiger charge is -2.10. The van der Waals surface area contributed by atoms with E-state index in [1.54, 1.807) is 18.2 Å². The first kappa shape index (κ1) is 100. The Morgan fingerprint density at radius 3 is 0.766 bits per heavy atom. The fourth-order valence-corrected chi connectivity index (χ4v) is 10.4. The van der Waals surface area contributed by atoms with Gasteiger partial charge in [0.05, 0.1) is 0 Å². The number of phenolic OH excluding ortho intramolecular Hbond substituents is 2. The molecule has 0 spiro atoms. The predicted octanol–water partition coefficient (Wildman–Crippen LogP) is 15.6. The summed E-state index contributed by atoms with van der Waals surface area (Å²) in [7, 11) is -6.27. The lowest BCUT2D eigenvalue weighted by Crippen LogP contribution is -3.00. The number of rotatable bonds is 14. The Kier molecular flexibility index (Phi) is 59.8. The van der Waals surface area contributed by atoms with Gasteiger partial charge in [0.15, 0.2) is 22.1 Å². The molecule has 0 fully saturated rings. The Morgan fingerprint density at radius 1 is 0.372 bits per heavy atom. The van der Waals surface area contributed by atoms with Gasteiger partial charge < -0.3 is 71.5 Å². The van der Waals surface area contributed by atoms with E-state index in [2.05, 4.69) is 56.5 Å². The molecule has 7 unspecified atom stereocenters. The van der Waals surface area contributed by atoms with E-state index >= 15 is 0 Å². The summed E-state index contributed by atoms with van der Waals surface area (Å²) >= 11 is 10.9. The van der Waals surface area contributed by atoms with E-state index in [4.69, 9.17) is 83.8 Å². The highest BCUT2D eigenvalue weighted by atomic mass is 35.7. The lowest BCUT2D eigenvalue weighted by atomic mass is 10.1. The summed E-state index contributed by atoms with van der Waals surface area (Å²) in [4.78, 5) is 32.6. The molecule has 8 aromatic rings. The highest BCUT2D eigenvalue weighted by Gasteiger charge is 2.15. The van der Waals surface area contributed by atoms with Crippen LogP contribution in [0.15, 0.2) is 146 Å². The molecule has 0 bridgehead atoms. The fourth-order valence-electron chi connectivity index (χ4n) is 7.45. The molecule has 0 aliphatic carbocycles. The van der Waals surface area contributed by atoms with Gasteiger partial charge >= 0.3 is 16.5 Å². The SMILES string of the molecule is C.C.Cc1ccc(O)c(C)c1.Cc1ccc(O)c(C)c1.Cc1ccc(OPCl)c(C)c1.Cc1ccc(OPCl)c(C)c1.Cc1ccc(OPO)c(C)c1.Cc1ccc(OPOPOc2ccc(C)cc2C)c(C)c1.Cc1ccc(O[P+](=O)O)c(C)c1.O=[P+]([O-])O.[Cl-].[HH].[OH3+].[OH3+].[OH3+]. The Morgan fingerprint density at radius 2 is 0.574 bits per heavy atom. The van der Waals surface area contributed by atoms with Crippen LogP contribution >= 0.6 is 82.4 Å². The molecular formula is C66H101Cl3O18P7+3. The maximum absolute atomic E-state index is 10.3. The third-order valence-corrected chi connectivity index (χ3v) is 14.7. The molecule has 94 heavy (non-hydrogen) atoms. The topological polar surface area (TPSA) is 322 Å². The van der Waals surface area contributed by atoms with Crippen LogP contribution in [0.3, 0.4) is 0 Å². The molecule has 0 heterocycles. The maximum Gasteiger partial charge on any atom is 0.747 e. The van der Waals surface area contributed by atoms with Crippen LogP contribution in [0.1, 0.15) is 105 Å². The van der Waals surface area contributed by atoms with Crippen molar-refractivity contribution >= 4 is 82.4 Å². The number of halogens is 3. The van der Waals surface area contributed by atoms with Crippen molar-refractivity contribution < 1.29 is 101 Å². The van der Waals surface area contributed by atoms with Gasteiger partial charge in [-0.3, -0.25) is 4.31 Å². The van der Waals surface area contributed by atoms with E-state index in [-0.39, 0.29) is 79.5 Å². The molecule has 0 aliphatic heterocycles. The maximum atomic E-state index is 10.3. The van der Waals surface area contributed by atoms with Crippen LogP contribution in [0.25, 0.3) is 0 Å². The second-order valence-corrected chi connectivity index (χ2v) is 24.5. The summed E-state index contributed by atoms with van der Waals surface area (Å²) in [6.45, 7) is 31.9. The van der Waals surface area contributed by atoms with Crippen molar-refractivity contribution in [2.45, 2.75) is 126 Å². The molecule has 0 amide bonds. The Balaban J connectivity index is -0.000000190. The zero-order chi connectivity index (χ0) is 66.5. The van der Waals surface area contributed by atoms with Crippen LogP contribution in [0.4, 0.5) is 0 Å². The van der Waals surface area contributed by atoms with Crippen LogP contribution < -0.4 is 44.4 Å². The Bertz CT molecular complexity index is 3200. The van der Waals surface area contributed by atoms with Crippen LogP contribution in [-0.4, -0.2) is 24.9 Å². The molecule has 28 heteroatoms. The van der Waals surface area contributed by atoms with Crippen LogP contribution in [0.2, 0.25) is 0 Å². The first-order chi connectivity index (χ1) is 41.5. The first-order valence-corrected chi connectivity index (χ1v) is 35.3. The van der Waals surface area contributed by atoms with Gasteiger partial charge in [0.2, 0.25) is 27.1 Å². The smallest absolute Gasteiger partial charge is 0.747 e. The normalized spacial score (nSPS) is 10.1. The molecular weight excluding hydrogens is 1400 g/mol. The quantitative estimate of drug-likeness (QED) is 0.0384. The molecule has 0 saturated carbocycles. The molecule has 0 saturated heterocycles. The van der Waals surface area contributed by atoms with Gasteiger partial charge in [-0.15, -0.1) is 4.89 Å². The van der Waals surface area contributed by atoms with E-state index in [1.807, 2.05) is 186 Å². The first-order valence-electron chi connectivity index (χ1n) is 26.7. The van der Waals surface area contributed by atoms with Gasteiger partial charge in [0, 0.05) is 5.99 Å². The molecule has 8 rings (SSSR count). The van der Waals surface area contributed by atoms with E-state index in [0.29, 0.717) is 17.2 Å². The van der Waals surface area contributed by atoms with Gasteiger partial charge in [-0.2, -0.15) is 4.89 Å². The van der Waals surface area contributed by atoms with Crippen molar-refractivity contribution in [2.24, 2.45) is 0 Å². The fraction of sp³-hybridized carbons (Fsp3) is 0.273. The summed E-state index contributed by atoms with van der Waals surface area (Å²) in [6, 6.07) is 46.6. The molecule has 526 valence electrons. The average molecular weight is 1510 g/mol. The minimum absolute atomic E-state index is 0. The molecule has 7 atom stereocenters. The van der Waals surface area contributed by atoms with Crippen LogP contribution in [0.5, 0.6) is 46.0 Å². The van der Waals surface area contributed by atoms with Gasteiger partial charge in [-0.05, 0) is 208 Å². The van der Waals surface area contributed by atoms with Crippen molar-refractivity contribution in [3.05, 3.63) is 235 Å². The second-order valence-electron chi connectivity index (χ2n) is 19.8. The number of benzene rings is 8. The summed E-state index contributed by atoms with van der Waals surface area (Å²) < 4.78 is 55.6. The van der Waals surface area contributed by atoms with Gasteiger partial charge in [0.25, 0.3) is 0 Å². The molecule has 0 aromatic heterocycles.